The van der Waals surface area contributed by atoms with E-state index in [1.54, 1.807) is 20.8 Å². The summed E-state index contributed by atoms with van der Waals surface area (Å²) >= 11 is 0. The molecule has 0 aromatic rings. The van der Waals surface area contributed by atoms with Crippen LogP contribution in [0.1, 0.15) is 41.5 Å². The third-order valence-corrected chi connectivity index (χ3v) is 3.40. The number of carbonyl (C=O) groups excluding carboxylic acids is 4. The fraction of sp³-hybridized carbons (Fsp3) is 0.765. The van der Waals surface area contributed by atoms with Gasteiger partial charge in [0.1, 0.15) is 24.4 Å². The second-order valence-corrected chi connectivity index (χ2v) is 7.19. The number of carbonyl (C=O) groups is 4. The van der Waals surface area contributed by atoms with Crippen LogP contribution in [-0.4, -0.2) is 72.0 Å². The van der Waals surface area contributed by atoms with Crippen LogP contribution in [0.3, 0.4) is 0 Å². The van der Waals surface area contributed by atoms with Gasteiger partial charge in [-0.1, -0.05) is 0 Å². The van der Waals surface area contributed by atoms with Gasteiger partial charge in [0.15, 0.2) is 18.5 Å². The Morgan fingerprint density at radius 3 is 1.96 bits per heavy atom. The van der Waals surface area contributed by atoms with Crippen LogP contribution in [0.2, 0.25) is 0 Å². The van der Waals surface area contributed by atoms with E-state index >= 15 is 0 Å². The number of hydrogen-bond acceptors (Lipinski definition) is 10. The lowest BCUT2D eigenvalue weighted by Gasteiger charge is -2.43. The minimum Gasteiger partial charge on any atom is -0.463 e. The quantitative estimate of drug-likeness (QED) is 0.474. The van der Waals surface area contributed by atoms with Crippen molar-refractivity contribution in [1.82, 2.24) is 5.32 Å². The molecule has 0 aromatic heterocycles. The normalized spacial score (nSPS) is 27.3. The van der Waals surface area contributed by atoms with Crippen molar-refractivity contribution in [2.24, 2.45) is 0 Å². The molecule has 2 N–H and O–H groups in total. The number of aliphatic hydroxyl groups excluding tert-OH is 1. The summed E-state index contributed by atoms with van der Waals surface area (Å²) in [6.45, 7) is 7.94. The van der Waals surface area contributed by atoms with Crippen molar-refractivity contribution in [2.45, 2.75) is 77.8 Å². The number of rotatable bonds is 5. The lowest BCUT2D eigenvalue weighted by Crippen LogP contribution is -2.66. The van der Waals surface area contributed by atoms with E-state index in [1.165, 1.54) is 0 Å². The molecule has 28 heavy (non-hydrogen) atoms. The Kier molecular flexibility index (Phi) is 8.18. The highest BCUT2D eigenvalue weighted by Crippen LogP contribution is 2.26. The van der Waals surface area contributed by atoms with Crippen molar-refractivity contribution in [1.29, 1.82) is 0 Å². The third kappa shape index (κ3) is 7.69. The molecule has 0 spiro atoms. The Bertz CT molecular complexity index is 599. The summed E-state index contributed by atoms with van der Waals surface area (Å²) in [6.07, 6.45) is -6.28. The first kappa shape index (κ1) is 23.6. The number of hydrogen-bond donors (Lipinski definition) is 2. The number of amides is 1. The SMILES string of the molecule is CC(=O)OC[C@H]1O[C@H](O)[C@H](NC(=O)OC(C)(C)C)[C@@H](OC(C)=O)[C@@H]1OC(C)=O. The molecule has 160 valence electrons. The van der Waals surface area contributed by atoms with E-state index in [0.717, 1.165) is 20.8 Å². The highest BCUT2D eigenvalue weighted by atomic mass is 16.7. The van der Waals surface area contributed by atoms with Crippen molar-refractivity contribution >= 4 is 24.0 Å². The van der Waals surface area contributed by atoms with Crippen molar-refractivity contribution in [3.8, 4) is 0 Å². The molecule has 0 unspecified atom stereocenters. The Hall–Kier alpha value is -2.40. The smallest absolute Gasteiger partial charge is 0.408 e. The molecule has 0 radical (unpaired) electrons. The first-order valence-electron chi connectivity index (χ1n) is 8.61. The van der Waals surface area contributed by atoms with E-state index in [1.807, 2.05) is 0 Å². The number of esters is 3. The number of alkyl carbamates (subject to hydrolysis) is 1. The van der Waals surface area contributed by atoms with Gasteiger partial charge in [-0.05, 0) is 20.8 Å². The zero-order valence-corrected chi connectivity index (χ0v) is 16.7. The van der Waals surface area contributed by atoms with Crippen molar-refractivity contribution in [3.05, 3.63) is 0 Å². The van der Waals surface area contributed by atoms with Gasteiger partial charge in [0.25, 0.3) is 0 Å². The predicted octanol–water partition coefficient (Wildman–Crippen LogP) is 0.0234. The Morgan fingerprint density at radius 2 is 1.50 bits per heavy atom. The van der Waals surface area contributed by atoms with Crippen LogP contribution in [0.4, 0.5) is 4.79 Å². The van der Waals surface area contributed by atoms with Gasteiger partial charge < -0.3 is 34.1 Å². The first-order chi connectivity index (χ1) is 12.8. The standard InChI is InChI=1S/C17H27NO10/c1-8(19)24-7-11-13(25-9(2)20)14(26-10(3)21)12(15(22)27-11)18-16(23)28-17(4,5)6/h11-15,22H,7H2,1-6H3,(H,18,23)/t11-,12-,13-,14-,15+/m1/s1. The largest absolute Gasteiger partial charge is 0.463 e. The maximum absolute atomic E-state index is 12.1. The molecule has 1 saturated heterocycles. The van der Waals surface area contributed by atoms with E-state index in [2.05, 4.69) is 5.32 Å². The van der Waals surface area contributed by atoms with E-state index < -0.39 is 60.2 Å². The maximum atomic E-state index is 12.1. The second-order valence-electron chi connectivity index (χ2n) is 7.19. The van der Waals surface area contributed by atoms with Crippen LogP contribution in [0.5, 0.6) is 0 Å². The molecule has 1 aliphatic heterocycles. The molecular weight excluding hydrogens is 378 g/mol. The topological polar surface area (TPSA) is 147 Å². The van der Waals surface area contributed by atoms with E-state index in [4.69, 9.17) is 23.7 Å². The first-order valence-corrected chi connectivity index (χ1v) is 8.61. The molecule has 5 atom stereocenters. The molecule has 11 heteroatoms. The van der Waals surface area contributed by atoms with E-state index in [0.29, 0.717) is 0 Å². The zero-order valence-electron chi connectivity index (χ0n) is 16.7. The molecule has 1 rings (SSSR count). The summed E-state index contributed by atoms with van der Waals surface area (Å²) in [4.78, 5) is 46.3. The highest BCUT2D eigenvalue weighted by molar-refractivity contribution is 5.70. The van der Waals surface area contributed by atoms with Crippen LogP contribution >= 0.6 is 0 Å². The lowest BCUT2D eigenvalue weighted by molar-refractivity contribution is -0.264. The minimum atomic E-state index is -1.66. The Balaban J connectivity index is 3.12. The fourth-order valence-electron chi connectivity index (χ4n) is 2.52. The number of ether oxygens (including phenoxy) is 5. The lowest BCUT2D eigenvalue weighted by atomic mass is 9.96. The van der Waals surface area contributed by atoms with Gasteiger partial charge in [-0.15, -0.1) is 0 Å². The van der Waals surface area contributed by atoms with Crippen molar-refractivity contribution in [3.63, 3.8) is 0 Å². The highest BCUT2D eigenvalue weighted by Gasteiger charge is 2.50. The van der Waals surface area contributed by atoms with Crippen LogP contribution in [0.25, 0.3) is 0 Å². The molecule has 0 bridgehead atoms. The van der Waals surface area contributed by atoms with Gasteiger partial charge in [-0.3, -0.25) is 14.4 Å². The maximum Gasteiger partial charge on any atom is 0.408 e. The number of aliphatic hydroxyl groups is 1. The molecule has 1 amide bonds. The molecular formula is C17H27NO10. The third-order valence-electron chi connectivity index (χ3n) is 3.40. The van der Waals surface area contributed by atoms with E-state index in [9.17, 15) is 24.3 Å². The fourth-order valence-corrected chi connectivity index (χ4v) is 2.52. The summed E-state index contributed by atoms with van der Waals surface area (Å²) in [5.41, 5.74) is -0.825. The summed E-state index contributed by atoms with van der Waals surface area (Å²) < 4.78 is 25.7. The Morgan fingerprint density at radius 1 is 0.964 bits per heavy atom. The summed E-state index contributed by atoms with van der Waals surface area (Å²) in [6, 6.07) is -1.31. The average Bonchev–Trinajstić information content (AvgIpc) is 2.49. The van der Waals surface area contributed by atoms with Gasteiger partial charge >= 0.3 is 24.0 Å². The van der Waals surface area contributed by atoms with Crippen LogP contribution < -0.4 is 5.32 Å². The van der Waals surface area contributed by atoms with E-state index in [-0.39, 0.29) is 6.61 Å². The van der Waals surface area contributed by atoms with Crippen LogP contribution in [-0.2, 0) is 38.1 Å². The summed E-state index contributed by atoms with van der Waals surface area (Å²) in [5, 5.41) is 12.7. The summed E-state index contributed by atoms with van der Waals surface area (Å²) in [7, 11) is 0. The number of nitrogens with one attached hydrogen (secondary N) is 1. The second kappa shape index (κ2) is 9.69. The van der Waals surface area contributed by atoms with Gasteiger partial charge in [-0.2, -0.15) is 0 Å². The zero-order chi connectivity index (χ0) is 21.6. The molecule has 11 nitrogen and oxygen atoms in total. The molecule has 0 aromatic carbocycles. The molecule has 1 heterocycles. The van der Waals surface area contributed by atoms with Crippen molar-refractivity contribution in [2.75, 3.05) is 6.61 Å². The van der Waals surface area contributed by atoms with Gasteiger partial charge in [-0.25, -0.2) is 4.79 Å². The van der Waals surface area contributed by atoms with Gasteiger partial charge in [0, 0.05) is 20.8 Å². The summed E-state index contributed by atoms with van der Waals surface area (Å²) in [5.74, 6) is -2.11. The molecule has 0 aliphatic carbocycles. The molecule has 1 aliphatic rings. The van der Waals surface area contributed by atoms with Gasteiger partial charge in [0.05, 0.1) is 0 Å². The average molecular weight is 405 g/mol. The van der Waals surface area contributed by atoms with Crippen molar-refractivity contribution < 1.29 is 48.0 Å². The van der Waals surface area contributed by atoms with Crippen LogP contribution in [0.15, 0.2) is 0 Å². The predicted molar refractivity (Wildman–Crippen MR) is 91.8 cm³/mol. The van der Waals surface area contributed by atoms with Crippen LogP contribution in [0, 0.1) is 0 Å². The Labute approximate surface area is 162 Å². The van der Waals surface area contributed by atoms with Gasteiger partial charge in [0.2, 0.25) is 0 Å². The minimum absolute atomic E-state index is 0.374. The monoisotopic (exact) mass is 405 g/mol. The molecule has 0 saturated carbocycles. The molecule has 1 fully saturated rings.